The molecule has 0 spiro atoms. The van der Waals surface area contributed by atoms with Gasteiger partial charge in [-0.3, -0.25) is 4.79 Å². The van der Waals surface area contributed by atoms with E-state index in [2.05, 4.69) is 20.5 Å². The second kappa shape index (κ2) is 6.64. The predicted molar refractivity (Wildman–Crippen MR) is 75.3 cm³/mol. The molecule has 0 unspecified atom stereocenters. The summed E-state index contributed by atoms with van der Waals surface area (Å²) in [4.78, 5) is 15.7. The van der Waals surface area contributed by atoms with Crippen LogP contribution in [0.2, 0.25) is 0 Å². The normalized spacial score (nSPS) is 10.6. The van der Waals surface area contributed by atoms with Crippen LogP contribution in [0.4, 0.5) is 5.13 Å². The summed E-state index contributed by atoms with van der Waals surface area (Å²) in [7, 11) is 0. The molecule has 19 heavy (non-hydrogen) atoms. The van der Waals surface area contributed by atoms with Gasteiger partial charge in [0.05, 0.1) is 5.75 Å². The van der Waals surface area contributed by atoms with Crippen LogP contribution >= 0.6 is 23.1 Å². The summed E-state index contributed by atoms with van der Waals surface area (Å²) in [5.41, 5.74) is 5.53. The number of thiazole rings is 1. The van der Waals surface area contributed by atoms with Crippen LogP contribution in [-0.2, 0) is 11.3 Å². The molecule has 0 aliphatic rings. The molecule has 0 aliphatic carbocycles. The molecule has 0 saturated heterocycles. The van der Waals surface area contributed by atoms with Crippen LogP contribution in [-0.4, -0.2) is 38.0 Å². The van der Waals surface area contributed by atoms with Crippen LogP contribution in [0.3, 0.4) is 0 Å². The van der Waals surface area contributed by atoms with Crippen molar-refractivity contribution in [2.24, 2.45) is 5.73 Å². The summed E-state index contributed by atoms with van der Waals surface area (Å²) < 4.78 is 1.90. The van der Waals surface area contributed by atoms with E-state index in [4.69, 9.17) is 5.73 Å². The van der Waals surface area contributed by atoms with Crippen molar-refractivity contribution >= 4 is 34.1 Å². The van der Waals surface area contributed by atoms with Crippen LogP contribution in [0, 0.1) is 6.92 Å². The van der Waals surface area contributed by atoms with E-state index in [1.165, 1.54) is 23.1 Å². The average molecular weight is 298 g/mol. The fraction of sp³-hybridized carbons (Fsp3) is 0.400. The monoisotopic (exact) mass is 298 g/mol. The van der Waals surface area contributed by atoms with Gasteiger partial charge in [0.15, 0.2) is 10.3 Å². The number of aromatic nitrogens is 4. The van der Waals surface area contributed by atoms with Crippen molar-refractivity contribution in [1.29, 1.82) is 0 Å². The van der Waals surface area contributed by atoms with Gasteiger partial charge in [0, 0.05) is 24.7 Å². The molecule has 9 heteroatoms. The Morgan fingerprint density at radius 1 is 1.58 bits per heavy atom. The molecule has 3 N–H and O–H groups in total. The van der Waals surface area contributed by atoms with E-state index >= 15 is 0 Å². The van der Waals surface area contributed by atoms with Crippen molar-refractivity contribution in [1.82, 2.24) is 19.7 Å². The number of anilines is 1. The van der Waals surface area contributed by atoms with E-state index in [1.807, 2.05) is 16.9 Å². The zero-order valence-corrected chi connectivity index (χ0v) is 12.0. The summed E-state index contributed by atoms with van der Waals surface area (Å²) in [6.45, 7) is 3.02. The lowest BCUT2D eigenvalue weighted by Crippen LogP contribution is -2.15. The molecule has 0 aliphatic heterocycles. The first-order chi connectivity index (χ1) is 9.20. The molecule has 0 fully saturated rings. The maximum atomic E-state index is 11.7. The Bertz CT molecular complexity index is 538. The number of nitrogens with one attached hydrogen (secondary N) is 1. The minimum Gasteiger partial charge on any atom is -0.329 e. The van der Waals surface area contributed by atoms with Crippen molar-refractivity contribution < 1.29 is 4.79 Å². The van der Waals surface area contributed by atoms with E-state index in [0.29, 0.717) is 23.4 Å². The maximum absolute atomic E-state index is 11.7. The van der Waals surface area contributed by atoms with Gasteiger partial charge in [-0.1, -0.05) is 11.8 Å². The zero-order chi connectivity index (χ0) is 13.7. The van der Waals surface area contributed by atoms with Gasteiger partial charge in [-0.15, -0.1) is 21.5 Å². The lowest BCUT2D eigenvalue weighted by molar-refractivity contribution is -0.113. The summed E-state index contributed by atoms with van der Waals surface area (Å²) in [5.74, 6) is 0.954. The number of nitrogens with two attached hydrogens (primary N) is 1. The SMILES string of the molecule is Cc1nnc(SCC(=O)Nc2nccs2)n1CCN. The molecule has 0 saturated carbocycles. The molecule has 2 aromatic heterocycles. The Morgan fingerprint density at radius 2 is 2.42 bits per heavy atom. The highest BCUT2D eigenvalue weighted by atomic mass is 32.2. The number of amides is 1. The molecule has 0 radical (unpaired) electrons. The average Bonchev–Trinajstić information content (AvgIpc) is 3.00. The van der Waals surface area contributed by atoms with E-state index in [9.17, 15) is 4.79 Å². The highest BCUT2D eigenvalue weighted by molar-refractivity contribution is 7.99. The van der Waals surface area contributed by atoms with Gasteiger partial charge in [0.1, 0.15) is 5.82 Å². The Kier molecular flexibility index (Phi) is 4.88. The Hall–Kier alpha value is -1.45. The van der Waals surface area contributed by atoms with E-state index in [1.54, 1.807) is 6.20 Å². The number of carbonyl (C=O) groups is 1. The highest BCUT2D eigenvalue weighted by Crippen LogP contribution is 2.17. The van der Waals surface area contributed by atoms with Gasteiger partial charge in [-0.05, 0) is 6.92 Å². The third-order valence-corrected chi connectivity index (χ3v) is 3.92. The Morgan fingerprint density at radius 3 is 3.11 bits per heavy atom. The van der Waals surface area contributed by atoms with Crippen LogP contribution < -0.4 is 11.1 Å². The number of nitrogens with zero attached hydrogens (tertiary/aromatic N) is 4. The van der Waals surface area contributed by atoms with Gasteiger partial charge < -0.3 is 15.6 Å². The molecular formula is C10H14N6OS2. The Labute approximate surface area is 118 Å². The Balaban J connectivity index is 1.89. The van der Waals surface area contributed by atoms with Crippen LogP contribution in [0.15, 0.2) is 16.7 Å². The fourth-order valence-corrected chi connectivity index (χ4v) is 2.78. The van der Waals surface area contributed by atoms with E-state index in [-0.39, 0.29) is 11.7 Å². The van der Waals surface area contributed by atoms with Gasteiger partial charge >= 0.3 is 0 Å². The van der Waals surface area contributed by atoms with Gasteiger partial charge in [-0.2, -0.15) is 0 Å². The standard InChI is InChI=1S/C10H14N6OS2/c1-7-14-15-10(16(7)4-2-11)19-6-8(17)13-9-12-3-5-18-9/h3,5H,2,4,6,11H2,1H3,(H,12,13,17). The predicted octanol–water partition coefficient (Wildman–Crippen LogP) is 0.733. The summed E-state index contributed by atoms with van der Waals surface area (Å²) in [6, 6.07) is 0. The quantitative estimate of drug-likeness (QED) is 0.763. The van der Waals surface area contributed by atoms with Gasteiger partial charge in [0.2, 0.25) is 5.91 Å². The minimum atomic E-state index is -0.111. The van der Waals surface area contributed by atoms with Crippen molar-refractivity contribution in [3.05, 3.63) is 17.4 Å². The molecule has 0 bridgehead atoms. The molecule has 7 nitrogen and oxygen atoms in total. The third kappa shape index (κ3) is 3.75. The lowest BCUT2D eigenvalue weighted by Gasteiger charge is -2.06. The summed E-state index contributed by atoms with van der Waals surface area (Å²) in [6.07, 6.45) is 1.65. The number of carbonyl (C=O) groups excluding carboxylic acids is 1. The number of thioether (sulfide) groups is 1. The van der Waals surface area contributed by atoms with Crippen LogP contribution in [0.25, 0.3) is 0 Å². The molecule has 2 heterocycles. The number of hydrogen-bond donors (Lipinski definition) is 2. The second-order valence-electron chi connectivity index (χ2n) is 3.64. The first-order valence-corrected chi connectivity index (χ1v) is 7.49. The largest absolute Gasteiger partial charge is 0.329 e. The van der Waals surface area contributed by atoms with Crippen LogP contribution in [0.1, 0.15) is 5.82 Å². The first-order valence-electron chi connectivity index (χ1n) is 5.62. The highest BCUT2D eigenvalue weighted by Gasteiger charge is 2.11. The van der Waals surface area contributed by atoms with Gasteiger partial charge in [-0.25, -0.2) is 4.98 Å². The molecule has 0 aromatic carbocycles. The summed E-state index contributed by atoms with van der Waals surface area (Å²) in [5, 5.41) is 13.8. The molecule has 102 valence electrons. The fourth-order valence-electron chi connectivity index (χ4n) is 1.43. The number of rotatable bonds is 6. The maximum Gasteiger partial charge on any atom is 0.236 e. The number of hydrogen-bond acceptors (Lipinski definition) is 7. The van der Waals surface area contributed by atoms with Crippen molar-refractivity contribution in [2.45, 2.75) is 18.6 Å². The van der Waals surface area contributed by atoms with Crippen molar-refractivity contribution in [2.75, 3.05) is 17.6 Å². The summed E-state index contributed by atoms with van der Waals surface area (Å²) >= 11 is 2.72. The van der Waals surface area contributed by atoms with Gasteiger partial charge in [0.25, 0.3) is 0 Å². The lowest BCUT2D eigenvalue weighted by atomic mass is 10.6. The van der Waals surface area contributed by atoms with Crippen LogP contribution in [0.5, 0.6) is 0 Å². The number of aryl methyl sites for hydroxylation is 1. The first kappa shape index (κ1) is 14.0. The van der Waals surface area contributed by atoms with Crippen molar-refractivity contribution in [3.63, 3.8) is 0 Å². The van der Waals surface area contributed by atoms with E-state index in [0.717, 1.165) is 5.82 Å². The smallest absolute Gasteiger partial charge is 0.236 e. The minimum absolute atomic E-state index is 0.111. The second-order valence-corrected chi connectivity index (χ2v) is 5.48. The van der Waals surface area contributed by atoms with E-state index < -0.39 is 0 Å². The zero-order valence-electron chi connectivity index (χ0n) is 10.4. The third-order valence-electron chi connectivity index (χ3n) is 2.27. The van der Waals surface area contributed by atoms with Crippen molar-refractivity contribution in [3.8, 4) is 0 Å². The topological polar surface area (TPSA) is 98.7 Å². The molecule has 0 atom stereocenters. The molecule has 2 aromatic rings. The molecular weight excluding hydrogens is 284 g/mol. The molecule has 1 amide bonds. The molecule has 2 rings (SSSR count).